The quantitative estimate of drug-likeness (QED) is 0.746. The second-order valence-corrected chi connectivity index (χ2v) is 4.25. The van der Waals surface area contributed by atoms with E-state index in [1.807, 2.05) is 13.0 Å². The van der Waals surface area contributed by atoms with Crippen LogP contribution in [0.3, 0.4) is 0 Å². The third-order valence-electron chi connectivity index (χ3n) is 2.77. The Labute approximate surface area is 89.9 Å². The van der Waals surface area contributed by atoms with Gasteiger partial charge in [0.1, 0.15) is 5.82 Å². The van der Waals surface area contributed by atoms with E-state index in [9.17, 15) is 0 Å². The van der Waals surface area contributed by atoms with Crippen LogP contribution in [0.5, 0.6) is 0 Å². The van der Waals surface area contributed by atoms with Crippen LogP contribution in [0.25, 0.3) is 0 Å². The minimum atomic E-state index is 0.360. The highest BCUT2D eigenvalue weighted by atomic mass is 15.3. The number of nitrogen functional groups attached to an aromatic ring is 1. The molecule has 1 aliphatic rings. The highest BCUT2D eigenvalue weighted by Crippen LogP contribution is 2.21. The second-order valence-electron chi connectivity index (χ2n) is 4.25. The molecule has 1 fully saturated rings. The molecule has 2 rings (SSSR count). The standard InChI is InChI=1S/C10H17N5/c1-7-4-9(13-10(11)12-7)15-5-8(6-15)14(2)3/h4,8H,5-6H2,1-3H3,(H2,11,12,13). The lowest BCUT2D eigenvalue weighted by atomic mass is 10.1. The summed E-state index contributed by atoms with van der Waals surface area (Å²) < 4.78 is 0. The van der Waals surface area contributed by atoms with E-state index in [1.54, 1.807) is 0 Å². The van der Waals surface area contributed by atoms with Crippen molar-refractivity contribution in [2.45, 2.75) is 13.0 Å². The lowest BCUT2D eigenvalue weighted by Gasteiger charge is -2.43. The number of hydrogen-bond acceptors (Lipinski definition) is 5. The predicted molar refractivity (Wildman–Crippen MR) is 60.9 cm³/mol. The van der Waals surface area contributed by atoms with E-state index in [4.69, 9.17) is 5.73 Å². The molecule has 5 nitrogen and oxygen atoms in total. The Morgan fingerprint density at radius 1 is 1.40 bits per heavy atom. The first-order valence-electron chi connectivity index (χ1n) is 5.09. The van der Waals surface area contributed by atoms with Gasteiger partial charge in [-0.05, 0) is 21.0 Å². The zero-order valence-electron chi connectivity index (χ0n) is 9.44. The predicted octanol–water partition coefficient (Wildman–Crippen LogP) is 0.117. The first kappa shape index (κ1) is 10.2. The Hall–Kier alpha value is -1.36. The number of aromatic nitrogens is 2. The fourth-order valence-corrected chi connectivity index (χ4v) is 1.71. The fourth-order valence-electron chi connectivity index (χ4n) is 1.71. The third-order valence-corrected chi connectivity index (χ3v) is 2.77. The number of nitrogens with two attached hydrogens (primary N) is 1. The van der Waals surface area contributed by atoms with Gasteiger partial charge in [-0.25, -0.2) is 4.98 Å². The molecule has 0 aliphatic carbocycles. The molecular weight excluding hydrogens is 190 g/mol. The van der Waals surface area contributed by atoms with Gasteiger partial charge in [0.25, 0.3) is 0 Å². The number of likely N-dealkylation sites (N-methyl/N-ethyl adjacent to an activating group) is 1. The molecule has 15 heavy (non-hydrogen) atoms. The van der Waals surface area contributed by atoms with Gasteiger partial charge in [0.15, 0.2) is 0 Å². The van der Waals surface area contributed by atoms with Crippen molar-refractivity contribution in [2.75, 3.05) is 37.8 Å². The molecule has 0 spiro atoms. The molecule has 1 aromatic rings. The number of anilines is 2. The van der Waals surface area contributed by atoms with E-state index in [0.29, 0.717) is 12.0 Å². The molecule has 0 amide bonds. The molecule has 2 N–H and O–H groups in total. The van der Waals surface area contributed by atoms with Gasteiger partial charge < -0.3 is 15.5 Å². The zero-order valence-corrected chi connectivity index (χ0v) is 9.44. The van der Waals surface area contributed by atoms with Crippen LogP contribution in [-0.4, -0.2) is 48.1 Å². The minimum Gasteiger partial charge on any atom is -0.368 e. The summed E-state index contributed by atoms with van der Waals surface area (Å²) in [6.07, 6.45) is 0. The van der Waals surface area contributed by atoms with Crippen LogP contribution >= 0.6 is 0 Å². The lowest BCUT2D eigenvalue weighted by Crippen LogP contribution is -2.57. The Kier molecular flexibility index (Phi) is 2.48. The SMILES string of the molecule is Cc1cc(N2CC(N(C)C)C2)nc(N)n1. The average Bonchev–Trinajstić information content (AvgIpc) is 1.97. The Morgan fingerprint density at radius 2 is 2.07 bits per heavy atom. The van der Waals surface area contributed by atoms with Gasteiger partial charge in [-0.2, -0.15) is 4.98 Å². The van der Waals surface area contributed by atoms with Crippen LogP contribution in [0.4, 0.5) is 11.8 Å². The van der Waals surface area contributed by atoms with Crippen LogP contribution < -0.4 is 10.6 Å². The molecule has 0 aromatic carbocycles. The van der Waals surface area contributed by atoms with Gasteiger partial charge in [-0.15, -0.1) is 0 Å². The van der Waals surface area contributed by atoms with Crippen LogP contribution in [0, 0.1) is 6.92 Å². The maximum Gasteiger partial charge on any atom is 0.222 e. The topological polar surface area (TPSA) is 58.3 Å². The van der Waals surface area contributed by atoms with Crippen molar-refractivity contribution in [3.63, 3.8) is 0 Å². The van der Waals surface area contributed by atoms with Gasteiger partial charge >= 0.3 is 0 Å². The smallest absolute Gasteiger partial charge is 0.222 e. The molecule has 0 saturated carbocycles. The normalized spacial score (nSPS) is 16.9. The van der Waals surface area contributed by atoms with E-state index in [0.717, 1.165) is 24.6 Å². The average molecular weight is 207 g/mol. The first-order valence-corrected chi connectivity index (χ1v) is 5.09. The summed E-state index contributed by atoms with van der Waals surface area (Å²) in [4.78, 5) is 12.7. The molecule has 5 heteroatoms. The maximum absolute atomic E-state index is 5.61. The highest BCUT2D eigenvalue weighted by Gasteiger charge is 2.29. The van der Waals surface area contributed by atoms with Crippen LogP contribution in [0.15, 0.2) is 6.07 Å². The monoisotopic (exact) mass is 207 g/mol. The van der Waals surface area contributed by atoms with Crippen LogP contribution in [-0.2, 0) is 0 Å². The van der Waals surface area contributed by atoms with E-state index in [1.165, 1.54) is 0 Å². The molecule has 0 atom stereocenters. The fraction of sp³-hybridized carbons (Fsp3) is 0.600. The molecule has 1 aromatic heterocycles. The summed E-state index contributed by atoms with van der Waals surface area (Å²) in [6.45, 7) is 3.97. The number of aryl methyl sites for hydroxylation is 1. The summed E-state index contributed by atoms with van der Waals surface area (Å²) in [6, 6.07) is 2.60. The van der Waals surface area contributed by atoms with E-state index >= 15 is 0 Å². The zero-order chi connectivity index (χ0) is 11.0. The van der Waals surface area contributed by atoms with Gasteiger partial charge in [-0.1, -0.05) is 0 Å². The molecule has 0 unspecified atom stereocenters. The largest absolute Gasteiger partial charge is 0.368 e. The van der Waals surface area contributed by atoms with Crippen molar-refractivity contribution < 1.29 is 0 Å². The van der Waals surface area contributed by atoms with Crippen molar-refractivity contribution in [1.29, 1.82) is 0 Å². The lowest BCUT2D eigenvalue weighted by molar-refractivity contribution is 0.246. The number of rotatable bonds is 2. The Bertz CT molecular complexity index is 337. The van der Waals surface area contributed by atoms with Crippen LogP contribution in [0.2, 0.25) is 0 Å². The number of hydrogen-bond donors (Lipinski definition) is 1. The highest BCUT2D eigenvalue weighted by molar-refractivity contribution is 5.46. The summed E-state index contributed by atoms with van der Waals surface area (Å²) in [7, 11) is 4.20. The summed E-state index contributed by atoms with van der Waals surface area (Å²) in [5.74, 6) is 1.30. The molecular formula is C10H17N5. The molecule has 1 aliphatic heterocycles. The van der Waals surface area contributed by atoms with Crippen molar-refractivity contribution >= 4 is 11.8 Å². The van der Waals surface area contributed by atoms with E-state index in [2.05, 4.69) is 33.9 Å². The summed E-state index contributed by atoms with van der Waals surface area (Å²) in [5.41, 5.74) is 6.53. The molecule has 0 bridgehead atoms. The van der Waals surface area contributed by atoms with Gasteiger partial charge in [0.05, 0.1) is 0 Å². The van der Waals surface area contributed by atoms with Gasteiger partial charge in [0.2, 0.25) is 5.95 Å². The summed E-state index contributed by atoms with van der Waals surface area (Å²) in [5, 5.41) is 0. The maximum atomic E-state index is 5.61. The van der Waals surface area contributed by atoms with Crippen molar-refractivity contribution in [3.8, 4) is 0 Å². The van der Waals surface area contributed by atoms with Crippen molar-refractivity contribution in [1.82, 2.24) is 14.9 Å². The molecule has 2 heterocycles. The van der Waals surface area contributed by atoms with Crippen LogP contribution in [0.1, 0.15) is 5.69 Å². The molecule has 82 valence electrons. The van der Waals surface area contributed by atoms with Crippen molar-refractivity contribution in [3.05, 3.63) is 11.8 Å². The molecule has 1 saturated heterocycles. The second kappa shape index (κ2) is 3.66. The summed E-state index contributed by atoms with van der Waals surface area (Å²) >= 11 is 0. The minimum absolute atomic E-state index is 0.360. The molecule has 0 radical (unpaired) electrons. The van der Waals surface area contributed by atoms with E-state index in [-0.39, 0.29) is 0 Å². The van der Waals surface area contributed by atoms with Gasteiger partial charge in [0, 0.05) is 30.9 Å². The number of nitrogens with zero attached hydrogens (tertiary/aromatic N) is 4. The first-order chi connectivity index (χ1) is 7.06. The Balaban J connectivity index is 2.06. The third kappa shape index (κ3) is 2.02. The van der Waals surface area contributed by atoms with Gasteiger partial charge in [-0.3, -0.25) is 0 Å². The van der Waals surface area contributed by atoms with E-state index < -0.39 is 0 Å². The van der Waals surface area contributed by atoms with Crippen molar-refractivity contribution in [2.24, 2.45) is 0 Å². The Morgan fingerprint density at radius 3 is 2.60 bits per heavy atom.